The van der Waals surface area contributed by atoms with Crippen LogP contribution in [0.4, 0.5) is 10.5 Å². The van der Waals surface area contributed by atoms with Crippen molar-refractivity contribution in [2.75, 3.05) is 18.4 Å². The predicted octanol–water partition coefficient (Wildman–Crippen LogP) is 4.71. The molecule has 3 rings (SSSR count). The second-order valence-corrected chi connectivity index (χ2v) is 8.55. The van der Waals surface area contributed by atoms with Gasteiger partial charge in [0, 0.05) is 29.8 Å². The number of benzene rings is 2. The van der Waals surface area contributed by atoms with E-state index in [4.69, 9.17) is 0 Å². The smallest absolute Gasteiger partial charge is 0.321 e. The van der Waals surface area contributed by atoms with E-state index in [1.165, 1.54) is 0 Å². The van der Waals surface area contributed by atoms with Crippen molar-refractivity contribution in [2.24, 2.45) is 5.41 Å². The van der Waals surface area contributed by atoms with Gasteiger partial charge in [-0.15, -0.1) is 0 Å². The molecule has 28 heavy (non-hydrogen) atoms. The van der Waals surface area contributed by atoms with E-state index in [1.54, 1.807) is 4.90 Å². The van der Waals surface area contributed by atoms with Gasteiger partial charge in [-0.05, 0) is 56.0 Å². The number of nitrogens with zero attached hydrogens (tertiary/aromatic N) is 1. The first kappa shape index (κ1) is 20.4. The summed E-state index contributed by atoms with van der Waals surface area (Å²) in [5.74, 6) is -0.00397. The van der Waals surface area contributed by atoms with Crippen LogP contribution >= 0.6 is 15.9 Å². The minimum Gasteiger partial charge on any atom is -0.351 e. The van der Waals surface area contributed by atoms with Gasteiger partial charge in [0.15, 0.2) is 0 Å². The van der Waals surface area contributed by atoms with Crippen LogP contribution in [0.3, 0.4) is 0 Å². The number of halogens is 1. The lowest BCUT2D eigenvalue weighted by molar-refractivity contribution is -0.132. The van der Waals surface area contributed by atoms with Crippen LogP contribution in [0.1, 0.15) is 30.9 Å². The minimum absolute atomic E-state index is 0.00397. The molecule has 2 N–H and O–H groups in total. The van der Waals surface area contributed by atoms with Gasteiger partial charge >= 0.3 is 6.03 Å². The number of nitrogens with one attached hydrogen (secondary N) is 2. The van der Waals surface area contributed by atoms with Crippen LogP contribution in [0, 0.1) is 12.3 Å². The summed E-state index contributed by atoms with van der Waals surface area (Å²) in [7, 11) is 0. The Morgan fingerprint density at radius 2 is 1.96 bits per heavy atom. The van der Waals surface area contributed by atoms with Crippen molar-refractivity contribution >= 4 is 33.6 Å². The third kappa shape index (κ3) is 4.93. The lowest BCUT2D eigenvalue weighted by Gasteiger charge is -2.39. The number of anilines is 1. The first-order chi connectivity index (χ1) is 13.4. The maximum atomic E-state index is 12.9. The van der Waals surface area contributed by atoms with Crippen LogP contribution in [0.5, 0.6) is 0 Å². The van der Waals surface area contributed by atoms with Gasteiger partial charge in [0.2, 0.25) is 5.91 Å². The maximum absolute atomic E-state index is 12.9. The van der Waals surface area contributed by atoms with E-state index < -0.39 is 5.41 Å². The highest BCUT2D eigenvalue weighted by Crippen LogP contribution is 2.30. The van der Waals surface area contributed by atoms with E-state index in [1.807, 2.05) is 62.4 Å². The van der Waals surface area contributed by atoms with Crippen LogP contribution in [0.15, 0.2) is 53.0 Å². The molecule has 0 unspecified atom stereocenters. The van der Waals surface area contributed by atoms with E-state index in [9.17, 15) is 9.59 Å². The Balaban J connectivity index is 1.61. The van der Waals surface area contributed by atoms with Crippen molar-refractivity contribution in [2.45, 2.75) is 33.2 Å². The van der Waals surface area contributed by atoms with Crippen molar-refractivity contribution in [1.82, 2.24) is 10.2 Å². The van der Waals surface area contributed by atoms with Crippen molar-refractivity contribution in [3.05, 3.63) is 64.1 Å². The van der Waals surface area contributed by atoms with Crippen molar-refractivity contribution in [3.8, 4) is 0 Å². The summed E-state index contributed by atoms with van der Waals surface area (Å²) in [5.41, 5.74) is 2.41. The Bertz CT molecular complexity index is 870. The molecular weight excluding hydrogens is 418 g/mol. The molecule has 0 aromatic heterocycles. The molecule has 1 aliphatic heterocycles. The fraction of sp³-hybridized carbons (Fsp3) is 0.364. The van der Waals surface area contributed by atoms with Gasteiger partial charge in [-0.3, -0.25) is 4.79 Å². The molecule has 2 aromatic rings. The van der Waals surface area contributed by atoms with Crippen LogP contribution < -0.4 is 10.6 Å². The van der Waals surface area contributed by atoms with Crippen LogP contribution in [-0.2, 0) is 11.3 Å². The van der Waals surface area contributed by atoms with E-state index in [-0.39, 0.29) is 11.9 Å². The summed E-state index contributed by atoms with van der Waals surface area (Å²) in [6.07, 6.45) is 1.58. The molecule has 0 radical (unpaired) electrons. The zero-order valence-electron chi connectivity index (χ0n) is 16.3. The SMILES string of the molecule is Cc1ccccc1CNC(=O)[C@]1(C)CCCN(C(=O)Nc2cccc(Br)c2)C1. The number of urea groups is 1. The fourth-order valence-electron chi connectivity index (χ4n) is 3.56. The second kappa shape index (κ2) is 8.78. The largest absolute Gasteiger partial charge is 0.351 e. The molecule has 0 bridgehead atoms. The van der Waals surface area contributed by atoms with Gasteiger partial charge in [-0.25, -0.2) is 4.79 Å². The Morgan fingerprint density at radius 1 is 1.18 bits per heavy atom. The van der Waals surface area contributed by atoms with E-state index >= 15 is 0 Å². The Kier molecular flexibility index (Phi) is 6.39. The van der Waals surface area contributed by atoms with Crippen LogP contribution in [-0.4, -0.2) is 29.9 Å². The number of hydrogen-bond donors (Lipinski definition) is 2. The molecular formula is C22H26BrN3O2. The quantitative estimate of drug-likeness (QED) is 0.718. The number of aryl methyl sites for hydroxylation is 1. The minimum atomic E-state index is -0.588. The summed E-state index contributed by atoms with van der Waals surface area (Å²) >= 11 is 3.41. The van der Waals surface area contributed by atoms with Crippen molar-refractivity contribution < 1.29 is 9.59 Å². The first-order valence-corrected chi connectivity index (χ1v) is 10.3. The third-order valence-electron chi connectivity index (χ3n) is 5.31. The van der Waals surface area contributed by atoms with E-state index in [0.29, 0.717) is 19.6 Å². The highest BCUT2D eigenvalue weighted by atomic mass is 79.9. The standard InChI is InChI=1S/C22H26BrN3O2/c1-16-7-3-4-8-17(16)14-24-20(27)22(2)11-6-12-26(15-22)21(28)25-19-10-5-9-18(23)13-19/h3-5,7-10,13H,6,11-12,14-15H2,1-2H3,(H,24,27)(H,25,28)/t22-/m1/s1. The van der Waals surface area contributed by atoms with Crippen LogP contribution in [0.25, 0.3) is 0 Å². The Morgan fingerprint density at radius 3 is 2.71 bits per heavy atom. The highest BCUT2D eigenvalue weighted by Gasteiger charge is 2.39. The number of amides is 3. The molecule has 1 aliphatic rings. The normalized spacial score (nSPS) is 19.2. The summed E-state index contributed by atoms with van der Waals surface area (Å²) < 4.78 is 0.907. The molecule has 148 valence electrons. The zero-order chi connectivity index (χ0) is 20.1. The summed E-state index contributed by atoms with van der Waals surface area (Å²) in [5, 5.41) is 5.98. The topological polar surface area (TPSA) is 61.4 Å². The molecule has 1 atom stereocenters. The van der Waals surface area contributed by atoms with Gasteiger partial charge in [-0.2, -0.15) is 0 Å². The van der Waals surface area contributed by atoms with E-state index in [0.717, 1.165) is 34.1 Å². The average Bonchev–Trinajstić information content (AvgIpc) is 2.67. The van der Waals surface area contributed by atoms with Crippen LogP contribution in [0.2, 0.25) is 0 Å². The Hall–Kier alpha value is -2.34. The van der Waals surface area contributed by atoms with E-state index in [2.05, 4.69) is 26.6 Å². The fourth-order valence-corrected chi connectivity index (χ4v) is 3.96. The number of hydrogen-bond acceptors (Lipinski definition) is 2. The molecule has 5 nitrogen and oxygen atoms in total. The number of carbonyl (C=O) groups excluding carboxylic acids is 2. The first-order valence-electron chi connectivity index (χ1n) is 9.52. The molecule has 3 amide bonds. The number of carbonyl (C=O) groups is 2. The summed E-state index contributed by atoms with van der Waals surface area (Å²) in [4.78, 5) is 27.3. The van der Waals surface area contributed by atoms with Gasteiger partial charge in [0.1, 0.15) is 0 Å². The number of rotatable bonds is 4. The highest BCUT2D eigenvalue weighted by molar-refractivity contribution is 9.10. The predicted molar refractivity (Wildman–Crippen MR) is 115 cm³/mol. The lowest BCUT2D eigenvalue weighted by Crippen LogP contribution is -2.52. The third-order valence-corrected chi connectivity index (χ3v) is 5.80. The maximum Gasteiger partial charge on any atom is 0.321 e. The molecule has 6 heteroatoms. The Labute approximate surface area is 174 Å². The zero-order valence-corrected chi connectivity index (χ0v) is 17.9. The van der Waals surface area contributed by atoms with Crippen molar-refractivity contribution in [3.63, 3.8) is 0 Å². The van der Waals surface area contributed by atoms with Gasteiger partial charge in [-0.1, -0.05) is 46.3 Å². The molecule has 0 aliphatic carbocycles. The monoisotopic (exact) mass is 443 g/mol. The summed E-state index contributed by atoms with van der Waals surface area (Å²) in [6.45, 7) is 5.55. The molecule has 1 fully saturated rings. The molecule has 0 saturated carbocycles. The average molecular weight is 444 g/mol. The van der Waals surface area contributed by atoms with Crippen molar-refractivity contribution in [1.29, 1.82) is 0 Å². The molecule has 1 heterocycles. The molecule has 0 spiro atoms. The second-order valence-electron chi connectivity index (χ2n) is 7.64. The lowest BCUT2D eigenvalue weighted by atomic mass is 9.81. The van der Waals surface area contributed by atoms with Gasteiger partial charge < -0.3 is 15.5 Å². The molecule has 2 aromatic carbocycles. The van der Waals surface area contributed by atoms with Gasteiger partial charge in [0.05, 0.1) is 5.41 Å². The summed E-state index contributed by atoms with van der Waals surface area (Å²) in [6, 6.07) is 15.3. The van der Waals surface area contributed by atoms with Gasteiger partial charge in [0.25, 0.3) is 0 Å². The number of likely N-dealkylation sites (tertiary alicyclic amines) is 1. The molecule has 1 saturated heterocycles. The number of piperidine rings is 1.